The molecule has 3 aromatic rings. The Kier molecular flexibility index (Phi) is 6.39. The SMILES string of the molecule is CN(C)C1CCCCC1N(C)c1ccccc1N(c1ccccc1)c1ccccc1. The molecule has 2 atom stereocenters. The number of likely N-dealkylation sites (N-methyl/N-ethyl adjacent to an activating group) is 2. The van der Waals surface area contributed by atoms with E-state index in [1.807, 2.05) is 0 Å². The zero-order chi connectivity index (χ0) is 20.9. The van der Waals surface area contributed by atoms with E-state index >= 15 is 0 Å². The van der Waals surface area contributed by atoms with Crippen LogP contribution in [-0.2, 0) is 0 Å². The van der Waals surface area contributed by atoms with Crippen LogP contribution in [0, 0.1) is 0 Å². The molecule has 0 spiro atoms. The van der Waals surface area contributed by atoms with Crippen LogP contribution in [0.15, 0.2) is 84.9 Å². The van der Waals surface area contributed by atoms with Gasteiger partial charge in [0.25, 0.3) is 0 Å². The number of nitrogens with zero attached hydrogens (tertiary/aromatic N) is 3. The number of hydrogen-bond donors (Lipinski definition) is 0. The van der Waals surface area contributed by atoms with E-state index in [4.69, 9.17) is 0 Å². The van der Waals surface area contributed by atoms with Gasteiger partial charge in [0, 0.05) is 30.5 Å². The van der Waals surface area contributed by atoms with Crippen molar-refractivity contribution in [1.29, 1.82) is 0 Å². The first-order valence-electron chi connectivity index (χ1n) is 11.1. The van der Waals surface area contributed by atoms with Crippen molar-refractivity contribution in [2.45, 2.75) is 37.8 Å². The minimum Gasteiger partial charge on any atom is -0.368 e. The maximum atomic E-state index is 2.53. The van der Waals surface area contributed by atoms with Gasteiger partial charge in [0.15, 0.2) is 0 Å². The fourth-order valence-electron chi connectivity index (χ4n) is 4.86. The molecule has 0 radical (unpaired) electrons. The van der Waals surface area contributed by atoms with Crippen molar-refractivity contribution in [3.05, 3.63) is 84.9 Å². The molecule has 0 heterocycles. The van der Waals surface area contributed by atoms with Crippen molar-refractivity contribution in [1.82, 2.24) is 4.90 Å². The molecule has 1 fully saturated rings. The summed E-state index contributed by atoms with van der Waals surface area (Å²) in [5, 5.41) is 0. The highest BCUT2D eigenvalue weighted by atomic mass is 15.2. The lowest BCUT2D eigenvalue weighted by Gasteiger charge is -2.43. The monoisotopic (exact) mass is 399 g/mol. The van der Waals surface area contributed by atoms with Crippen molar-refractivity contribution in [2.24, 2.45) is 0 Å². The van der Waals surface area contributed by atoms with E-state index in [0.717, 1.165) is 0 Å². The minimum absolute atomic E-state index is 0.517. The quantitative estimate of drug-likeness (QED) is 0.470. The van der Waals surface area contributed by atoms with E-state index in [2.05, 4.69) is 121 Å². The van der Waals surface area contributed by atoms with Crippen molar-refractivity contribution in [3.63, 3.8) is 0 Å². The summed E-state index contributed by atoms with van der Waals surface area (Å²) in [5.41, 5.74) is 4.86. The highest BCUT2D eigenvalue weighted by Crippen LogP contribution is 2.41. The molecule has 3 aromatic carbocycles. The second kappa shape index (κ2) is 9.36. The molecule has 0 aliphatic heterocycles. The smallest absolute Gasteiger partial charge is 0.0695 e. The molecule has 30 heavy (non-hydrogen) atoms. The molecule has 2 unspecified atom stereocenters. The van der Waals surface area contributed by atoms with Gasteiger partial charge in [0.05, 0.1) is 11.4 Å². The molecule has 0 bridgehead atoms. The zero-order valence-electron chi connectivity index (χ0n) is 18.4. The summed E-state index contributed by atoms with van der Waals surface area (Å²) in [7, 11) is 6.73. The van der Waals surface area contributed by atoms with Gasteiger partial charge in [-0.2, -0.15) is 0 Å². The molecule has 1 saturated carbocycles. The molecule has 0 saturated heterocycles. The Hall–Kier alpha value is -2.78. The Balaban J connectivity index is 1.79. The van der Waals surface area contributed by atoms with Gasteiger partial charge in [-0.15, -0.1) is 0 Å². The van der Waals surface area contributed by atoms with Crippen LogP contribution >= 0.6 is 0 Å². The van der Waals surface area contributed by atoms with Crippen LogP contribution in [-0.4, -0.2) is 38.1 Å². The lowest BCUT2D eigenvalue weighted by Crippen LogP contribution is -2.50. The van der Waals surface area contributed by atoms with Crippen molar-refractivity contribution in [2.75, 3.05) is 30.9 Å². The highest BCUT2D eigenvalue weighted by Gasteiger charge is 2.31. The van der Waals surface area contributed by atoms with E-state index in [1.165, 1.54) is 48.4 Å². The first-order valence-corrected chi connectivity index (χ1v) is 11.1. The predicted octanol–water partition coefficient (Wildman–Crippen LogP) is 6.47. The van der Waals surface area contributed by atoms with Crippen molar-refractivity contribution in [3.8, 4) is 0 Å². The van der Waals surface area contributed by atoms with E-state index < -0.39 is 0 Å². The molecule has 1 aliphatic rings. The second-order valence-electron chi connectivity index (χ2n) is 8.49. The van der Waals surface area contributed by atoms with Gasteiger partial charge < -0.3 is 14.7 Å². The number of hydrogen-bond acceptors (Lipinski definition) is 3. The van der Waals surface area contributed by atoms with E-state index in [9.17, 15) is 0 Å². The molecule has 0 aromatic heterocycles. The summed E-state index contributed by atoms with van der Waals surface area (Å²) < 4.78 is 0. The largest absolute Gasteiger partial charge is 0.368 e. The third-order valence-electron chi connectivity index (χ3n) is 6.39. The van der Waals surface area contributed by atoms with Crippen LogP contribution in [0.3, 0.4) is 0 Å². The van der Waals surface area contributed by atoms with Crippen molar-refractivity contribution >= 4 is 22.7 Å². The minimum atomic E-state index is 0.517. The lowest BCUT2D eigenvalue weighted by molar-refractivity contribution is 0.197. The first-order chi connectivity index (χ1) is 14.7. The Morgan fingerprint density at radius 3 is 1.57 bits per heavy atom. The summed E-state index contributed by atoms with van der Waals surface area (Å²) in [6.45, 7) is 0. The van der Waals surface area contributed by atoms with Gasteiger partial charge in [-0.3, -0.25) is 0 Å². The number of anilines is 4. The summed E-state index contributed by atoms with van der Waals surface area (Å²) in [4.78, 5) is 7.31. The first kappa shape index (κ1) is 20.5. The average Bonchev–Trinajstić information content (AvgIpc) is 2.80. The van der Waals surface area contributed by atoms with Gasteiger partial charge in [-0.1, -0.05) is 61.4 Å². The standard InChI is InChI=1S/C27H33N3/c1-28(2)24-18-10-11-19-25(24)29(3)26-20-12-13-21-27(26)30(22-14-6-4-7-15-22)23-16-8-5-9-17-23/h4-9,12-17,20-21,24-25H,10-11,18-19H2,1-3H3. The summed E-state index contributed by atoms with van der Waals surface area (Å²) in [6, 6.07) is 31.3. The lowest BCUT2D eigenvalue weighted by atomic mass is 9.88. The molecule has 4 rings (SSSR count). The Bertz CT molecular complexity index is 884. The second-order valence-corrected chi connectivity index (χ2v) is 8.49. The summed E-state index contributed by atoms with van der Waals surface area (Å²) in [6.07, 6.45) is 5.15. The topological polar surface area (TPSA) is 9.72 Å². The van der Waals surface area contributed by atoms with Crippen LogP contribution in [0.2, 0.25) is 0 Å². The van der Waals surface area contributed by atoms with Crippen LogP contribution in [0.4, 0.5) is 22.7 Å². The van der Waals surface area contributed by atoms with Crippen LogP contribution in [0.25, 0.3) is 0 Å². The highest BCUT2D eigenvalue weighted by molar-refractivity contribution is 5.85. The van der Waals surface area contributed by atoms with Crippen LogP contribution < -0.4 is 9.80 Å². The van der Waals surface area contributed by atoms with Gasteiger partial charge in [0.2, 0.25) is 0 Å². The molecular weight excluding hydrogens is 366 g/mol. The van der Waals surface area contributed by atoms with Gasteiger partial charge in [-0.25, -0.2) is 0 Å². The fraction of sp³-hybridized carbons (Fsp3) is 0.333. The van der Waals surface area contributed by atoms with Crippen molar-refractivity contribution < 1.29 is 0 Å². The molecule has 0 N–H and O–H groups in total. The Morgan fingerprint density at radius 2 is 1.03 bits per heavy atom. The van der Waals surface area contributed by atoms with E-state index in [0.29, 0.717) is 12.1 Å². The van der Waals surface area contributed by atoms with Gasteiger partial charge in [-0.05, 0) is 63.3 Å². The average molecular weight is 400 g/mol. The Morgan fingerprint density at radius 1 is 0.567 bits per heavy atom. The molecule has 156 valence electrons. The maximum Gasteiger partial charge on any atom is 0.0695 e. The summed E-state index contributed by atoms with van der Waals surface area (Å²) in [5.74, 6) is 0. The molecular formula is C27H33N3. The normalized spacial score (nSPS) is 18.9. The van der Waals surface area contributed by atoms with E-state index in [1.54, 1.807) is 0 Å². The molecule has 1 aliphatic carbocycles. The van der Waals surface area contributed by atoms with Crippen LogP contribution in [0.1, 0.15) is 25.7 Å². The number of benzene rings is 3. The van der Waals surface area contributed by atoms with Gasteiger partial charge >= 0.3 is 0 Å². The Labute approximate surface area is 181 Å². The molecule has 0 amide bonds. The third-order valence-corrected chi connectivity index (χ3v) is 6.39. The van der Waals surface area contributed by atoms with Gasteiger partial charge in [0.1, 0.15) is 0 Å². The fourth-order valence-corrected chi connectivity index (χ4v) is 4.86. The maximum absolute atomic E-state index is 2.53. The van der Waals surface area contributed by atoms with Crippen LogP contribution in [0.5, 0.6) is 0 Å². The number of rotatable bonds is 6. The predicted molar refractivity (Wildman–Crippen MR) is 129 cm³/mol. The van der Waals surface area contributed by atoms with E-state index in [-0.39, 0.29) is 0 Å². The molecule has 3 heteroatoms. The summed E-state index contributed by atoms with van der Waals surface area (Å²) >= 11 is 0. The zero-order valence-corrected chi connectivity index (χ0v) is 18.4. The molecule has 3 nitrogen and oxygen atoms in total. The third kappa shape index (κ3) is 4.22. The number of para-hydroxylation sites is 4.